The number of likely N-dealkylation sites (tertiary alicyclic amines) is 1. The molecule has 6 rings (SSSR count). The van der Waals surface area contributed by atoms with Gasteiger partial charge >= 0.3 is 0 Å². The average Bonchev–Trinajstić information content (AvgIpc) is 3.38. The molecule has 1 aliphatic heterocycles. The zero-order chi connectivity index (χ0) is 28.2. The summed E-state index contributed by atoms with van der Waals surface area (Å²) in [5.41, 5.74) is 2.66. The fraction of sp³-hybridized carbons (Fsp3) is 0.556. The van der Waals surface area contributed by atoms with Gasteiger partial charge in [-0.05, 0) is 43.4 Å². The minimum atomic E-state index is -2.97. The molecule has 1 saturated carbocycles. The lowest BCUT2D eigenvalue weighted by Gasteiger charge is -2.45. The van der Waals surface area contributed by atoms with Gasteiger partial charge in [0.25, 0.3) is 5.92 Å². The predicted molar refractivity (Wildman–Crippen MR) is 145 cm³/mol. The van der Waals surface area contributed by atoms with Crippen molar-refractivity contribution in [1.29, 1.82) is 0 Å². The summed E-state index contributed by atoms with van der Waals surface area (Å²) in [5.74, 6) is -3.54. The molecule has 13 heteroatoms. The molecule has 2 aliphatic rings. The molecule has 210 valence electrons. The van der Waals surface area contributed by atoms with Crippen LogP contribution in [0.4, 0.5) is 23.5 Å². The second kappa shape index (κ2) is 10.0. The van der Waals surface area contributed by atoms with Gasteiger partial charge in [-0.25, -0.2) is 31.7 Å². The number of fused-ring (bicyclic) bond motifs is 2. The first-order valence-corrected chi connectivity index (χ1v) is 13.7. The van der Waals surface area contributed by atoms with Gasteiger partial charge in [-0.3, -0.25) is 4.90 Å². The van der Waals surface area contributed by atoms with E-state index in [9.17, 15) is 4.39 Å². The summed E-state index contributed by atoms with van der Waals surface area (Å²) in [6.45, 7) is 3.29. The Morgan fingerprint density at radius 3 is 2.67 bits per heavy atom. The summed E-state index contributed by atoms with van der Waals surface area (Å²) < 4.78 is 61.8. The number of aromatic nitrogens is 6. The second-order valence-corrected chi connectivity index (χ2v) is 11.7. The Kier molecular flexibility index (Phi) is 6.75. The standard InChI is InChI=1S/C27H31BF4N8/c1-26(2,28)13-20-24-23(16-6-7-19-21(12-16)39(11-9-29)37-35-19)18(30)14-40(24)36-25(33-20)34-22-8-10-38(15-27(22,31)32)17-4-3-5-17/h6-7,12,14,17,22H,3-5,8-11,13,15H2,1-2H3,(H,34,36). The average molecular weight is 554 g/mol. The highest BCUT2D eigenvalue weighted by molar-refractivity contribution is 6.14. The van der Waals surface area contributed by atoms with E-state index in [0.29, 0.717) is 34.4 Å². The maximum atomic E-state index is 15.6. The van der Waals surface area contributed by atoms with Crippen molar-refractivity contribution in [2.45, 2.75) is 75.8 Å². The van der Waals surface area contributed by atoms with Gasteiger partial charge in [0, 0.05) is 18.2 Å². The normalized spacial score (nSPS) is 20.3. The number of nitrogens with zero attached hydrogens (tertiary/aromatic N) is 7. The second-order valence-electron chi connectivity index (χ2n) is 11.7. The Bertz CT molecular complexity index is 1540. The van der Waals surface area contributed by atoms with Crippen molar-refractivity contribution in [3.8, 4) is 11.1 Å². The minimum absolute atomic E-state index is 0.00394. The summed E-state index contributed by atoms with van der Waals surface area (Å²) in [6.07, 6.45) is 4.72. The Morgan fingerprint density at radius 2 is 2.00 bits per heavy atom. The smallest absolute Gasteiger partial charge is 0.280 e. The lowest BCUT2D eigenvalue weighted by Crippen LogP contribution is -2.58. The molecular weight excluding hydrogens is 523 g/mol. The largest absolute Gasteiger partial charge is 0.344 e. The van der Waals surface area contributed by atoms with Gasteiger partial charge < -0.3 is 5.32 Å². The first-order valence-electron chi connectivity index (χ1n) is 13.7. The molecule has 0 spiro atoms. The van der Waals surface area contributed by atoms with Crippen molar-refractivity contribution in [2.75, 3.05) is 25.1 Å². The highest BCUT2D eigenvalue weighted by Gasteiger charge is 2.47. The fourth-order valence-electron chi connectivity index (χ4n) is 5.74. The van der Waals surface area contributed by atoms with Gasteiger partial charge in [0.1, 0.15) is 12.2 Å². The molecular formula is C27H31BF4N8. The SMILES string of the molecule is [B]C(C)(C)Cc1nc(NC2CCN(C3CCC3)CC2(F)F)nn2cc(F)c(-c3ccc4nnn(CCF)c4c3)c12. The number of benzene rings is 1. The van der Waals surface area contributed by atoms with Gasteiger partial charge in [-0.15, -0.1) is 10.2 Å². The summed E-state index contributed by atoms with van der Waals surface area (Å²) in [4.78, 5) is 6.49. The molecule has 2 radical (unpaired) electrons. The molecule has 2 fully saturated rings. The van der Waals surface area contributed by atoms with E-state index in [0.717, 1.165) is 19.3 Å². The number of aryl methyl sites for hydroxylation is 1. The Morgan fingerprint density at radius 1 is 1.20 bits per heavy atom. The monoisotopic (exact) mass is 554 g/mol. The van der Waals surface area contributed by atoms with Crippen molar-refractivity contribution in [3.63, 3.8) is 0 Å². The quantitative estimate of drug-likeness (QED) is 0.249. The Hall–Kier alpha value is -3.22. The van der Waals surface area contributed by atoms with Crippen LogP contribution in [-0.2, 0) is 13.0 Å². The topological polar surface area (TPSA) is 76.2 Å². The van der Waals surface area contributed by atoms with E-state index in [-0.39, 0.29) is 43.5 Å². The zero-order valence-corrected chi connectivity index (χ0v) is 22.5. The molecule has 1 aromatic carbocycles. The highest BCUT2D eigenvalue weighted by atomic mass is 19.3. The van der Waals surface area contributed by atoms with Crippen LogP contribution in [0, 0.1) is 5.82 Å². The molecule has 4 heterocycles. The van der Waals surface area contributed by atoms with E-state index < -0.39 is 29.8 Å². The van der Waals surface area contributed by atoms with E-state index in [1.54, 1.807) is 18.2 Å². The molecule has 1 unspecified atom stereocenters. The van der Waals surface area contributed by atoms with Gasteiger partial charge in [0.15, 0.2) is 5.82 Å². The van der Waals surface area contributed by atoms with Crippen molar-refractivity contribution in [1.82, 2.24) is 34.5 Å². The van der Waals surface area contributed by atoms with E-state index in [1.165, 1.54) is 15.4 Å². The molecule has 1 aliphatic carbocycles. The van der Waals surface area contributed by atoms with E-state index in [1.807, 2.05) is 18.7 Å². The van der Waals surface area contributed by atoms with Crippen LogP contribution in [-0.4, -0.2) is 80.1 Å². The van der Waals surface area contributed by atoms with Crippen LogP contribution in [0.1, 0.15) is 45.2 Å². The number of hydrogen-bond donors (Lipinski definition) is 1. The summed E-state index contributed by atoms with van der Waals surface area (Å²) in [6, 6.07) is 4.19. The number of anilines is 1. The van der Waals surface area contributed by atoms with Crippen LogP contribution < -0.4 is 5.32 Å². The highest BCUT2D eigenvalue weighted by Crippen LogP contribution is 2.37. The maximum Gasteiger partial charge on any atom is 0.280 e. The number of nitrogens with one attached hydrogen (secondary N) is 1. The van der Waals surface area contributed by atoms with Gasteiger partial charge in [-0.1, -0.05) is 36.9 Å². The van der Waals surface area contributed by atoms with E-state index >= 15 is 13.2 Å². The maximum absolute atomic E-state index is 15.6. The molecule has 0 amide bonds. The number of piperidine rings is 1. The predicted octanol–water partition coefficient (Wildman–Crippen LogP) is 4.83. The summed E-state index contributed by atoms with van der Waals surface area (Å²) >= 11 is 0. The van der Waals surface area contributed by atoms with E-state index in [4.69, 9.17) is 7.85 Å². The van der Waals surface area contributed by atoms with E-state index in [2.05, 4.69) is 25.7 Å². The third-order valence-corrected chi connectivity index (χ3v) is 7.90. The molecule has 0 bridgehead atoms. The lowest BCUT2D eigenvalue weighted by atomic mass is 9.69. The molecule has 4 aromatic rings. The fourth-order valence-corrected chi connectivity index (χ4v) is 5.74. The molecule has 1 atom stereocenters. The van der Waals surface area contributed by atoms with Crippen LogP contribution in [0.3, 0.4) is 0 Å². The number of hydrogen-bond acceptors (Lipinski definition) is 6. The van der Waals surface area contributed by atoms with Gasteiger partial charge in [0.2, 0.25) is 5.95 Å². The van der Waals surface area contributed by atoms with Crippen LogP contribution in [0.2, 0.25) is 5.31 Å². The number of halogens is 4. The van der Waals surface area contributed by atoms with Crippen molar-refractivity contribution < 1.29 is 17.6 Å². The Labute approximate surface area is 230 Å². The zero-order valence-electron chi connectivity index (χ0n) is 22.5. The number of rotatable bonds is 8. The van der Waals surface area contributed by atoms with Crippen molar-refractivity contribution in [3.05, 3.63) is 35.9 Å². The summed E-state index contributed by atoms with van der Waals surface area (Å²) in [7, 11) is 6.34. The minimum Gasteiger partial charge on any atom is -0.344 e. The first-order chi connectivity index (χ1) is 19.0. The molecule has 8 nitrogen and oxygen atoms in total. The van der Waals surface area contributed by atoms with Gasteiger partial charge in [0.05, 0.1) is 49.9 Å². The summed E-state index contributed by atoms with van der Waals surface area (Å²) in [5, 5.41) is 14.5. The first kappa shape index (κ1) is 27.0. The molecule has 1 N–H and O–H groups in total. The third kappa shape index (κ3) is 5.04. The van der Waals surface area contributed by atoms with Gasteiger partial charge in [-0.2, -0.15) is 0 Å². The Balaban J connectivity index is 1.39. The van der Waals surface area contributed by atoms with Crippen LogP contribution >= 0.6 is 0 Å². The lowest BCUT2D eigenvalue weighted by molar-refractivity contribution is -0.0921. The van der Waals surface area contributed by atoms with Crippen molar-refractivity contribution >= 4 is 30.3 Å². The number of alkyl halides is 3. The molecule has 3 aromatic heterocycles. The van der Waals surface area contributed by atoms with Crippen molar-refractivity contribution in [2.24, 2.45) is 0 Å². The van der Waals surface area contributed by atoms with Crippen LogP contribution in [0.5, 0.6) is 0 Å². The third-order valence-electron chi connectivity index (χ3n) is 7.90. The molecule has 40 heavy (non-hydrogen) atoms. The molecule has 1 saturated heterocycles. The van der Waals surface area contributed by atoms with Crippen LogP contribution in [0.15, 0.2) is 24.4 Å². The van der Waals surface area contributed by atoms with Crippen LogP contribution in [0.25, 0.3) is 27.7 Å².